The molecule has 5 nitrogen and oxygen atoms in total. The van der Waals surface area contributed by atoms with E-state index in [1.807, 2.05) is 97.9 Å². The van der Waals surface area contributed by atoms with Gasteiger partial charge < -0.3 is 16.0 Å². The van der Waals surface area contributed by atoms with Crippen LogP contribution in [0.5, 0.6) is 0 Å². The van der Waals surface area contributed by atoms with E-state index in [0.717, 1.165) is 16.7 Å². The highest BCUT2D eigenvalue weighted by Gasteiger charge is 2.23. The Morgan fingerprint density at radius 3 is 1.64 bits per heavy atom. The van der Waals surface area contributed by atoms with Gasteiger partial charge in [-0.15, -0.1) is 0 Å². The molecule has 180 valence electrons. The molecule has 36 heavy (non-hydrogen) atoms. The van der Waals surface area contributed by atoms with Gasteiger partial charge >= 0.3 is 0 Å². The molecular weight excluding hydrogens is 466 g/mol. The molecule has 1 unspecified atom stereocenters. The molecular formula is C30H27N3O2S. The monoisotopic (exact) mass is 493 g/mol. The second-order valence-electron chi connectivity index (χ2n) is 8.38. The number of carbonyl (C=O) groups excluding carboxylic acids is 2. The van der Waals surface area contributed by atoms with Gasteiger partial charge in [0.05, 0.1) is 12.0 Å². The van der Waals surface area contributed by atoms with Crippen LogP contribution < -0.4 is 16.0 Å². The maximum atomic E-state index is 13.2. The van der Waals surface area contributed by atoms with E-state index in [1.54, 1.807) is 24.3 Å². The first kappa shape index (κ1) is 24.8. The van der Waals surface area contributed by atoms with Crippen molar-refractivity contribution in [3.8, 4) is 0 Å². The zero-order chi connectivity index (χ0) is 25.3. The Hall–Kier alpha value is -4.29. The van der Waals surface area contributed by atoms with E-state index in [2.05, 4.69) is 16.0 Å². The lowest BCUT2D eigenvalue weighted by atomic mass is 9.90. The van der Waals surface area contributed by atoms with Crippen LogP contribution in [0.2, 0.25) is 0 Å². The molecule has 0 aromatic heterocycles. The Morgan fingerprint density at radius 1 is 0.667 bits per heavy atom. The summed E-state index contributed by atoms with van der Waals surface area (Å²) in [7, 11) is 0. The average Bonchev–Trinajstić information content (AvgIpc) is 2.91. The maximum Gasteiger partial charge on any atom is 0.251 e. The minimum atomic E-state index is -0.496. The van der Waals surface area contributed by atoms with Crippen LogP contribution >= 0.6 is 12.2 Å². The van der Waals surface area contributed by atoms with E-state index in [9.17, 15) is 9.59 Å². The van der Waals surface area contributed by atoms with E-state index >= 15 is 0 Å². The predicted octanol–water partition coefficient (Wildman–Crippen LogP) is 5.82. The zero-order valence-electron chi connectivity index (χ0n) is 19.8. The van der Waals surface area contributed by atoms with Crippen molar-refractivity contribution in [1.29, 1.82) is 0 Å². The van der Waals surface area contributed by atoms with E-state index < -0.39 is 5.92 Å². The molecule has 0 heterocycles. The Kier molecular flexibility index (Phi) is 8.21. The van der Waals surface area contributed by atoms with E-state index in [-0.39, 0.29) is 23.0 Å². The van der Waals surface area contributed by atoms with Crippen molar-refractivity contribution in [2.45, 2.75) is 18.9 Å². The van der Waals surface area contributed by atoms with Crippen LogP contribution in [0.15, 0.2) is 115 Å². The standard InChI is InChI=1S/C30H27N3O2S/c1-21(22-11-5-2-6-12-22)31-28(34)25-17-19-26(20-18-25)32-30(36)33-29(35)27(23-13-7-3-8-14-23)24-15-9-4-10-16-24/h2-21,27H,1H3,(H,31,34)(H2,32,33,35,36). The summed E-state index contributed by atoms with van der Waals surface area (Å²) in [4.78, 5) is 25.9. The zero-order valence-corrected chi connectivity index (χ0v) is 20.7. The number of hydrogen-bond acceptors (Lipinski definition) is 3. The molecule has 1 atom stereocenters. The van der Waals surface area contributed by atoms with Gasteiger partial charge in [0.1, 0.15) is 0 Å². The average molecular weight is 494 g/mol. The molecule has 2 amide bonds. The van der Waals surface area contributed by atoms with E-state index in [1.165, 1.54) is 0 Å². The highest BCUT2D eigenvalue weighted by molar-refractivity contribution is 7.80. The van der Waals surface area contributed by atoms with Crippen LogP contribution in [-0.2, 0) is 4.79 Å². The van der Waals surface area contributed by atoms with Crippen LogP contribution in [0.25, 0.3) is 0 Å². The molecule has 4 aromatic rings. The SMILES string of the molecule is CC(NC(=O)c1ccc(NC(=S)NC(=O)C(c2ccccc2)c2ccccc2)cc1)c1ccccc1. The van der Waals surface area contributed by atoms with Gasteiger partial charge in [-0.1, -0.05) is 91.0 Å². The first-order valence-corrected chi connectivity index (χ1v) is 12.1. The van der Waals surface area contributed by atoms with Crippen molar-refractivity contribution in [2.24, 2.45) is 0 Å². The molecule has 0 saturated carbocycles. The molecule has 4 rings (SSSR count). The van der Waals surface area contributed by atoms with Gasteiger partial charge in [0.2, 0.25) is 5.91 Å². The van der Waals surface area contributed by atoms with Gasteiger partial charge in [-0.3, -0.25) is 9.59 Å². The van der Waals surface area contributed by atoms with Crippen LogP contribution in [0.4, 0.5) is 5.69 Å². The summed E-state index contributed by atoms with van der Waals surface area (Å²) in [5.74, 6) is -0.886. The van der Waals surface area contributed by atoms with Crippen LogP contribution in [-0.4, -0.2) is 16.9 Å². The topological polar surface area (TPSA) is 70.2 Å². The highest BCUT2D eigenvalue weighted by atomic mass is 32.1. The fourth-order valence-corrected chi connectivity index (χ4v) is 4.16. The predicted molar refractivity (Wildman–Crippen MR) is 148 cm³/mol. The molecule has 6 heteroatoms. The largest absolute Gasteiger partial charge is 0.346 e. The quantitative estimate of drug-likeness (QED) is 0.284. The van der Waals surface area contributed by atoms with Gasteiger partial charge in [-0.05, 0) is 60.1 Å². The normalized spacial score (nSPS) is 11.4. The number of rotatable bonds is 7. The Morgan fingerprint density at radius 2 is 1.14 bits per heavy atom. The number of thiocarbonyl (C=S) groups is 1. The molecule has 3 N–H and O–H groups in total. The summed E-state index contributed by atoms with van der Waals surface area (Å²) in [5, 5.41) is 9.03. The number of benzene rings is 4. The molecule has 0 saturated heterocycles. The van der Waals surface area contributed by atoms with E-state index in [0.29, 0.717) is 11.3 Å². The molecule has 0 fully saturated rings. The number of anilines is 1. The molecule has 0 aliphatic heterocycles. The van der Waals surface area contributed by atoms with Gasteiger partial charge in [-0.2, -0.15) is 0 Å². The van der Waals surface area contributed by atoms with Crippen molar-refractivity contribution < 1.29 is 9.59 Å². The Balaban J connectivity index is 1.38. The molecule has 4 aromatic carbocycles. The summed E-state index contributed by atoms with van der Waals surface area (Å²) < 4.78 is 0. The Labute approximate surface area is 216 Å². The van der Waals surface area contributed by atoms with E-state index in [4.69, 9.17) is 12.2 Å². The Bertz CT molecular complexity index is 1270. The fourth-order valence-electron chi connectivity index (χ4n) is 3.94. The maximum absolute atomic E-state index is 13.2. The number of nitrogens with one attached hydrogen (secondary N) is 3. The van der Waals surface area contributed by atoms with Gasteiger partial charge in [-0.25, -0.2) is 0 Å². The summed E-state index contributed by atoms with van der Waals surface area (Å²) in [6, 6.07) is 35.8. The summed E-state index contributed by atoms with van der Waals surface area (Å²) >= 11 is 5.40. The van der Waals surface area contributed by atoms with Crippen LogP contribution in [0.1, 0.15) is 45.9 Å². The third kappa shape index (κ3) is 6.43. The van der Waals surface area contributed by atoms with Crippen molar-refractivity contribution >= 4 is 34.8 Å². The smallest absolute Gasteiger partial charge is 0.251 e. The second kappa shape index (κ2) is 11.9. The molecule has 0 aliphatic carbocycles. The first-order valence-electron chi connectivity index (χ1n) is 11.7. The minimum Gasteiger partial charge on any atom is -0.346 e. The van der Waals surface area contributed by atoms with Crippen LogP contribution in [0, 0.1) is 0 Å². The molecule has 0 bridgehead atoms. The third-order valence-electron chi connectivity index (χ3n) is 5.82. The minimum absolute atomic E-state index is 0.110. The fraction of sp³-hybridized carbons (Fsp3) is 0.100. The highest BCUT2D eigenvalue weighted by Crippen LogP contribution is 2.25. The number of carbonyl (C=O) groups is 2. The summed E-state index contributed by atoms with van der Waals surface area (Å²) in [6.07, 6.45) is 0. The van der Waals surface area contributed by atoms with Crippen molar-refractivity contribution in [3.05, 3.63) is 138 Å². The summed E-state index contributed by atoms with van der Waals surface area (Å²) in [6.45, 7) is 1.95. The van der Waals surface area contributed by atoms with Gasteiger partial charge in [0, 0.05) is 11.3 Å². The lowest BCUT2D eigenvalue weighted by Crippen LogP contribution is -2.37. The van der Waals surface area contributed by atoms with Crippen molar-refractivity contribution in [3.63, 3.8) is 0 Å². The summed E-state index contributed by atoms with van der Waals surface area (Å²) in [5.41, 5.74) is 4.00. The van der Waals surface area contributed by atoms with Crippen LogP contribution in [0.3, 0.4) is 0 Å². The first-order chi connectivity index (χ1) is 17.5. The lowest BCUT2D eigenvalue weighted by Gasteiger charge is -2.19. The molecule has 0 radical (unpaired) electrons. The number of amides is 2. The van der Waals surface area contributed by atoms with Gasteiger partial charge in [0.25, 0.3) is 5.91 Å². The van der Waals surface area contributed by atoms with Crippen molar-refractivity contribution in [1.82, 2.24) is 10.6 Å². The molecule has 0 spiro atoms. The molecule has 0 aliphatic rings. The van der Waals surface area contributed by atoms with Gasteiger partial charge in [0.15, 0.2) is 5.11 Å². The van der Waals surface area contributed by atoms with Crippen molar-refractivity contribution in [2.75, 3.05) is 5.32 Å². The second-order valence-corrected chi connectivity index (χ2v) is 8.79. The third-order valence-corrected chi connectivity index (χ3v) is 6.02. The lowest BCUT2D eigenvalue weighted by molar-refractivity contribution is -0.120. The number of hydrogen-bond donors (Lipinski definition) is 3.